The van der Waals surface area contributed by atoms with Crippen molar-refractivity contribution in [2.45, 2.75) is 51.7 Å². The fourth-order valence-corrected chi connectivity index (χ4v) is 5.08. The maximum absolute atomic E-state index is 12.7. The molecular formula is C24H29NO4S. The van der Waals surface area contributed by atoms with Gasteiger partial charge in [-0.2, -0.15) is 0 Å². The van der Waals surface area contributed by atoms with Crippen LogP contribution in [0.25, 0.3) is 10.4 Å². The van der Waals surface area contributed by atoms with Crippen molar-refractivity contribution in [3.05, 3.63) is 34.7 Å². The molecule has 2 aromatic rings. The maximum atomic E-state index is 12.7. The number of rotatable bonds is 5. The summed E-state index contributed by atoms with van der Waals surface area (Å²) in [5, 5.41) is 0. The fraction of sp³-hybridized carbons (Fsp3) is 0.542. The molecule has 3 heterocycles. The van der Waals surface area contributed by atoms with Gasteiger partial charge in [-0.1, -0.05) is 0 Å². The number of amides is 1. The van der Waals surface area contributed by atoms with Gasteiger partial charge in [-0.05, 0) is 68.9 Å². The Morgan fingerprint density at radius 1 is 1.20 bits per heavy atom. The zero-order valence-corrected chi connectivity index (χ0v) is 18.3. The minimum absolute atomic E-state index is 0.140. The number of thiophene rings is 1. The van der Waals surface area contributed by atoms with Crippen LogP contribution in [-0.2, 0) is 16.1 Å². The Morgan fingerprint density at radius 3 is 2.83 bits per heavy atom. The van der Waals surface area contributed by atoms with Gasteiger partial charge in [0.25, 0.3) is 0 Å². The molecule has 0 bridgehead atoms. The van der Waals surface area contributed by atoms with Crippen LogP contribution in [0.2, 0.25) is 0 Å². The first-order valence-corrected chi connectivity index (χ1v) is 11.9. The zero-order chi connectivity index (χ0) is 20.5. The molecule has 1 saturated carbocycles. The summed E-state index contributed by atoms with van der Waals surface area (Å²) >= 11 is 1.77. The van der Waals surface area contributed by atoms with Crippen LogP contribution < -0.4 is 9.47 Å². The summed E-state index contributed by atoms with van der Waals surface area (Å²) in [5.74, 6) is 2.04. The molecule has 1 atom stereocenters. The van der Waals surface area contributed by atoms with Gasteiger partial charge in [-0.15, -0.1) is 11.3 Å². The highest BCUT2D eigenvalue weighted by molar-refractivity contribution is 7.15. The normalized spacial score (nSPS) is 21.5. The summed E-state index contributed by atoms with van der Waals surface area (Å²) in [6.45, 7) is 5.18. The van der Waals surface area contributed by atoms with Crippen LogP contribution in [0, 0.1) is 12.8 Å². The average Bonchev–Trinajstić information content (AvgIpc) is 3.56. The van der Waals surface area contributed by atoms with E-state index in [2.05, 4.69) is 31.2 Å². The lowest BCUT2D eigenvalue weighted by molar-refractivity contribution is -0.133. The second-order valence-corrected chi connectivity index (χ2v) is 9.84. The van der Waals surface area contributed by atoms with Crippen LogP contribution in [0.5, 0.6) is 11.5 Å². The topological polar surface area (TPSA) is 48.0 Å². The number of benzene rings is 1. The highest BCUT2D eigenvalue weighted by Gasteiger charge is 2.35. The lowest BCUT2D eigenvalue weighted by Crippen LogP contribution is -2.33. The van der Waals surface area contributed by atoms with E-state index in [4.69, 9.17) is 14.2 Å². The molecule has 5 rings (SSSR count). The van der Waals surface area contributed by atoms with Crippen LogP contribution in [0.4, 0.5) is 0 Å². The minimum atomic E-state index is 0.140. The first-order valence-electron chi connectivity index (χ1n) is 11.1. The van der Waals surface area contributed by atoms with Crippen LogP contribution in [-0.4, -0.2) is 43.3 Å². The van der Waals surface area contributed by atoms with Gasteiger partial charge >= 0.3 is 0 Å². The lowest BCUT2D eigenvalue weighted by Gasteiger charge is -2.24. The Morgan fingerprint density at radius 2 is 2.10 bits per heavy atom. The highest BCUT2D eigenvalue weighted by atomic mass is 32.1. The third-order valence-corrected chi connectivity index (χ3v) is 7.11. The molecule has 30 heavy (non-hydrogen) atoms. The predicted molar refractivity (Wildman–Crippen MR) is 117 cm³/mol. The number of carbonyl (C=O) groups is 1. The van der Waals surface area contributed by atoms with Crippen molar-refractivity contribution in [3.8, 4) is 21.9 Å². The van der Waals surface area contributed by atoms with Crippen LogP contribution in [0.3, 0.4) is 0 Å². The van der Waals surface area contributed by atoms with E-state index < -0.39 is 0 Å². The number of nitrogens with zero attached hydrogens (tertiary/aromatic N) is 1. The van der Waals surface area contributed by atoms with E-state index in [0.717, 1.165) is 54.9 Å². The van der Waals surface area contributed by atoms with Gasteiger partial charge < -0.3 is 19.1 Å². The molecule has 0 N–H and O–H groups in total. The van der Waals surface area contributed by atoms with Crippen molar-refractivity contribution < 1.29 is 19.0 Å². The fourth-order valence-electron chi connectivity index (χ4n) is 4.22. The highest BCUT2D eigenvalue weighted by Crippen LogP contribution is 2.41. The van der Waals surface area contributed by atoms with Crippen LogP contribution in [0.15, 0.2) is 24.3 Å². The van der Waals surface area contributed by atoms with Gasteiger partial charge in [0.2, 0.25) is 5.91 Å². The molecule has 1 aromatic carbocycles. The second-order valence-electron chi connectivity index (χ2n) is 8.56. The largest absolute Gasteiger partial charge is 0.487 e. The van der Waals surface area contributed by atoms with Gasteiger partial charge in [-0.3, -0.25) is 4.79 Å². The number of aryl methyl sites for hydroxylation is 1. The molecule has 2 aliphatic heterocycles. The van der Waals surface area contributed by atoms with Gasteiger partial charge in [0.15, 0.2) is 11.5 Å². The maximum Gasteiger partial charge on any atom is 0.226 e. The standard InChI is InChI=1S/C24H29NO4S/c1-16-5-8-22(30-16)18-12-19-14-25(24(26)17-6-7-17)9-11-28-23(19)21(13-18)29-15-20-4-2-3-10-27-20/h5,8,12-13,17,20H,2-4,6-7,9-11,14-15H2,1H3. The van der Waals surface area contributed by atoms with Crippen molar-refractivity contribution in [2.75, 3.05) is 26.4 Å². The Labute approximate surface area is 181 Å². The van der Waals surface area contributed by atoms with Crippen LogP contribution in [0.1, 0.15) is 42.5 Å². The number of ether oxygens (including phenoxy) is 3. The number of carbonyl (C=O) groups excluding carboxylic acids is 1. The van der Waals surface area contributed by atoms with Crippen molar-refractivity contribution in [1.82, 2.24) is 4.90 Å². The van der Waals surface area contributed by atoms with Gasteiger partial charge in [0.1, 0.15) is 13.2 Å². The molecule has 1 saturated heterocycles. The Hall–Kier alpha value is -2.05. The summed E-state index contributed by atoms with van der Waals surface area (Å²) in [7, 11) is 0. The Balaban J connectivity index is 1.45. The molecule has 1 amide bonds. The van der Waals surface area contributed by atoms with E-state index in [1.54, 1.807) is 11.3 Å². The summed E-state index contributed by atoms with van der Waals surface area (Å²) in [6.07, 6.45) is 5.54. The van der Waals surface area contributed by atoms with Crippen LogP contribution >= 0.6 is 11.3 Å². The van der Waals surface area contributed by atoms with Gasteiger partial charge in [0.05, 0.1) is 12.6 Å². The molecule has 6 heteroatoms. The SMILES string of the molecule is Cc1ccc(-c2cc3c(c(OCC4CCCCO4)c2)OCCN(C(=O)C2CC2)C3)s1. The molecule has 1 unspecified atom stereocenters. The third-order valence-electron chi connectivity index (χ3n) is 6.06. The summed E-state index contributed by atoms with van der Waals surface area (Å²) in [6, 6.07) is 8.55. The first-order chi connectivity index (χ1) is 14.7. The van der Waals surface area contributed by atoms with E-state index in [9.17, 15) is 4.79 Å². The van der Waals surface area contributed by atoms with E-state index in [1.807, 2.05) is 4.90 Å². The molecule has 3 aliphatic rings. The van der Waals surface area contributed by atoms with Crippen molar-refractivity contribution in [1.29, 1.82) is 0 Å². The number of hydrogen-bond acceptors (Lipinski definition) is 5. The van der Waals surface area contributed by atoms with E-state index in [-0.39, 0.29) is 17.9 Å². The molecule has 1 aromatic heterocycles. The molecule has 5 nitrogen and oxygen atoms in total. The van der Waals surface area contributed by atoms with E-state index in [0.29, 0.717) is 26.3 Å². The Kier molecular flexibility index (Phi) is 5.70. The van der Waals surface area contributed by atoms with E-state index in [1.165, 1.54) is 16.2 Å². The quantitative estimate of drug-likeness (QED) is 0.688. The van der Waals surface area contributed by atoms with Crippen molar-refractivity contribution in [3.63, 3.8) is 0 Å². The monoisotopic (exact) mass is 427 g/mol. The second kappa shape index (κ2) is 8.60. The number of hydrogen-bond donors (Lipinski definition) is 0. The molecule has 0 radical (unpaired) electrons. The molecule has 160 valence electrons. The molecule has 1 aliphatic carbocycles. The minimum Gasteiger partial charge on any atom is -0.487 e. The predicted octanol–water partition coefficient (Wildman–Crippen LogP) is 4.80. The number of fused-ring (bicyclic) bond motifs is 1. The van der Waals surface area contributed by atoms with Gasteiger partial charge in [0, 0.05) is 34.4 Å². The third kappa shape index (κ3) is 4.35. The molecule has 0 spiro atoms. The van der Waals surface area contributed by atoms with Crippen molar-refractivity contribution >= 4 is 17.2 Å². The molecule has 2 fully saturated rings. The summed E-state index contributed by atoms with van der Waals surface area (Å²) < 4.78 is 18.3. The van der Waals surface area contributed by atoms with Crippen molar-refractivity contribution in [2.24, 2.45) is 5.92 Å². The zero-order valence-electron chi connectivity index (χ0n) is 17.5. The van der Waals surface area contributed by atoms with E-state index >= 15 is 0 Å². The average molecular weight is 428 g/mol. The lowest BCUT2D eigenvalue weighted by atomic mass is 10.1. The molecular weight excluding hydrogens is 398 g/mol. The smallest absolute Gasteiger partial charge is 0.226 e. The van der Waals surface area contributed by atoms with Gasteiger partial charge in [-0.25, -0.2) is 0 Å². The summed E-state index contributed by atoms with van der Waals surface area (Å²) in [4.78, 5) is 17.2. The first kappa shape index (κ1) is 19.9. The Bertz CT molecular complexity index is 914. The summed E-state index contributed by atoms with van der Waals surface area (Å²) in [5.41, 5.74) is 2.15.